The molecule has 0 unspecified atom stereocenters. The van der Waals surface area contributed by atoms with Gasteiger partial charge in [-0.3, -0.25) is 4.79 Å². The molecule has 0 heterocycles. The van der Waals surface area contributed by atoms with Crippen LogP contribution in [0.4, 0.5) is 0 Å². The van der Waals surface area contributed by atoms with Crippen molar-refractivity contribution in [2.75, 3.05) is 0 Å². The SMILES string of the molecule is CC(C)(CCc1ccccc1)NC(=O)C(=O)O. The molecule has 0 bridgehead atoms. The Hall–Kier alpha value is -1.84. The molecule has 1 rings (SSSR count). The van der Waals surface area contributed by atoms with Gasteiger partial charge in [-0.25, -0.2) is 4.79 Å². The number of rotatable bonds is 4. The molecule has 1 aromatic rings. The first kappa shape index (κ1) is 13.2. The highest BCUT2D eigenvalue weighted by atomic mass is 16.4. The van der Waals surface area contributed by atoms with Gasteiger partial charge in [-0.1, -0.05) is 30.3 Å². The van der Waals surface area contributed by atoms with Crippen molar-refractivity contribution < 1.29 is 14.7 Å². The van der Waals surface area contributed by atoms with Gasteiger partial charge in [0.2, 0.25) is 0 Å². The lowest BCUT2D eigenvalue weighted by Crippen LogP contribution is -2.46. The Balaban J connectivity index is 2.50. The normalized spacial score (nSPS) is 10.9. The molecule has 4 nitrogen and oxygen atoms in total. The van der Waals surface area contributed by atoms with Crippen LogP contribution in [0.1, 0.15) is 25.8 Å². The predicted octanol–water partition coefficient (Wildman–Crippen LogP) is 1.60. The number of carboxylic acid groups (broad SMARTS) is 1. The molecule has 1 aromatic carbocycles. The number of carbonyl (C=O) groups is 2. The summed E-state index contributed by atoms with van der Waals surface area (Å²) < 4.78 is 0. The topological polar surface area (TPSA) is 66.4 Å². The highest BCUT2D eigenvalue weighted by molar-refractivity contribution is 6.31. The number of hydrogen-bond donors (Lipinski definition) is 2. The molecular formula is C13H17NO3. The summed E-state index contributed by atoms with van der Waals surface area (Å²) in [5.74, 6) is -2.40. The second-order valence-electron chi connectivity index (χ2n) is 4.63. The Labute approximate surface area is 101 Å². The van der Waals surface area contributed by atoms with Crippen molar-refractivity contribution in [2.45, 2.75) is 32.2 Å². The summed E-state index contributed by atoms with van der Waals surface area (Å²) in [5.41, 5.74) is 0.649. The Morgan fingerprint density at radius 2 is 1.82 bits per heavy atom. The van der Waals surface area contributed by atoms with Crippen molar-refractivity contribution in [3.05, 3.63) is 35.9 Å². The van der Waals surface area contributed by atoms with Crippen LogP contribution in [0, 0.1) is 0 Å². The monoisotopic (exact) mass is 235 g/mol. The molecule has 0 aromatic heterocycles. The summed E-state index contributed by atoms with van der Waals surface area (Å²) in [5, 5.41) is 11.0. The third-order valence-corrected chi connectivity index (χ3v) is 2.53. The lowest BCUT2D eigenvalue weighted by atomic mass is 9.95. The molecule has 0 aliphatic heterocycles. The average Bonchev–Trinajstić information content (AvgIpc) is 2.27. The van der Waals surface area contributed by atoms with E-state index in [0.717, 1.165) is 6.42 Å². The van der Waals surface area contributed by atoms with E-state index in [9.17, 15) is 9.59 Å². The number of carbonyl (C=O) groups excluding carboxylic acids is 1. The van der Waals surface area contributed by atoms with E-state index in [0.29, 0.717) is 6.42 Å². The minimum Gasteiger partial charge on any atom is -0.474 e. The summed E-state index contributed by atoms with van der Waals surface area (Å²) in [6.45, 7) is 3.63. The van der Waals surface area contributed by atoms with Gasteiger partial charge in [0.15, 0.2) is 0 Å². The molecule has 0 fully saturated rings. The summed E-state index contributed by atoms with van der Waals surface area (Å²) in [6, 6.07) is 9.88. The number of hydrogen-bond acceptors (Lipinski definition) is 2. The van der Waals surface area contributed by atoms with Gasteiger partial charge in [0.1, 0.15) is 0 Å². The van der Waals surface area contributed by atoms with Crippen LogP contribution in [-0.2, 0) is 16.0 Å². The lowest BCUT2D eigenvalue weighted by molar-refractivity contribution is -0.151. The van der Waals surface area contributed by atoms with E-state index < -0.39 is 17.4 Å². The van der Waals surface area contributed by atoms with Crippen molar-refractivity contribution in [1.82, 2.24) is 5.32 Å². The second kappa shape index (κ2) is 5.48. The number of aryl methyl sites for hydroxylation is 1. The third-order valence-electron chi connectivity index (χ3n) is 2.53. The van der Waals surface area contributed by atoms with E-state index in [2.05, 4.69) is 5.32 Å². The van der Waals surface area contributed by atoms with Gasteiger partial charge in [0.05, 0.1) is 0 Å². The highest BCUT2D eigenvalue weighted by Crippen LogP contribution is 2.13. The Kier molecular flexibility index (Phi) is 4.26. The Morgan fingerprint density at radius 1 is 1.24 bits per heavy atom. The van der Waals surface area contributed by atoms with Crippen LogP contribution in [0.3, 0.4) is 0 Å². The minimum absolute atomic E-state index is 0.523. The molecule has 0 spiro atoms. The smallest absolute Gasteiger partial charge is 0.394 e. The van der Waals surface area contributed by atoms with Crippen LogP contribution in [0.5, 0.6) is 0 Å². The van der Waals surface area contributed by atoms with Crippen molar-refractivity contribution in [3.8, 4) is 0 Å². The van der Waals surface area contributed by atoms with Crippen LogP contribution in [0.25, 0.3) is 0 Å². The molecule has 0 saturated carbocycles. The van der Waals surface area contributed by atoms with Crippen molar-refractivity contribution >= 4 is 11.9 Å². The van der Waals surface area contributed by atoms with E-state index >= 15 is 0 Å². The minimum atomic E-state index is -1.45. The Bertz CT molecular complexity index is 398. The Morgan fingerprint density at radius 3 is 2.35 bits per heavy atom. The molecule has 2 N–H and O–H groups in total. The second-order valence-corrected chi connectivity index (χ2v) is 4.63. The zero-order chi connectivity index (χ0) is 12.9. The highest BCUT2D eigenvalue weighted by Gasteiger charge is 2.23. The first-order valence-electron chi connectivity index (χ1n) is 5.50. The maximum atomic E-state index is 11.1. The largest absolute Gasteiger partial charge is 0.474 e. The van der Waals surface area contributed by atoms with Gasteiger partial charge >= 0.3 is 11.9 Å². The summed E-state index contributed by atoms with van der Waals surface area (Å²) in [4.78, 5) is 21.5. The summed E-state index contributed by atoms with van der Waals surface area (Å²) in [7, 11) is 0. The van der Waals surface area contributed by atoms with E-state index in [4.69, 9.17) is 5.11 Å². The van der Waals surface area contributed by atoms with Gasteiger partial charge in [0.25, 0.3) is 0 Å². The summed E-state index contributed by atoms with van der Waals surface area (Å²) >= 11 is 0. The fourth-order valence-corrected chi connectivity index (χ4v) is 1.52. The number of amides is 1. The van der Waals surface area contributed by atoms with Crippen LogP contribution in [0.15, 0.2) is 30.3 Å². The van der Waals surface area contributed by atoms with Gasteiger partial charge in [-0.2, -0.15) is 0 Å². The van der Waals surface area contributed by atoms with Gasteiger partial charge in [0, 0.05) is 5.54 Å². The fraction of sp³-hybridized carbons (Fsp3) is 0.385. The molecule has 0 atom stereocenters. The summed E-state index contributed by atoms with van der Waals surface area (Å²) in [6.07, 6.45) is 1.49. The average molecular weight is 235 g/mol. The molecule has 1 amide bonds. The molecule has 0 radical (unpaired) electrons. The first-order chi connectivity index (χ1) is 7.91. The molecule has 4 heteroatoms. The van der Waals surface area contributed by atoms with E-state index in [1.165, 1.54) is 5.56 Å². The maximum absolute atomic E-state index is 11.1. The van der Waals surface area contributed by atoms with E-state index in [1.54, 1.807) is 0 Å². The molecular weight excluding hydrogens is 218 g/mol. The molecule has 0 aliphatic rings. The van der Waals surface area contributed by atoms with E-state index in [-0.39, 0.29) is 0 Å². The first-order valence-corrected chi connectivity index (χ1v) is 5.50. The van der Waals surface area contributed by atoms with Crippen LogP contribution in [-0.4, -0.2) is 22.5 Å². The zero-order valence-corrected chi connectivity index (χ0v) is 10.1. The number of nitrogens with one attached hydrogen (secondary N) is 1. The maximum Gasteiger partial charge on any atom is 0.394 e. The van der Waals surface area contributed by atoms with Crippen molar-refractivity contribution in [3.63, 3.8) is 0 Å². The number of aliphatic carboxylic acids is 1. The van der Waals surface area contributed by atoms with Crippen LogP contribution < -0.4 is 5.32 Å². The van der Waals surface area contributed by atoms with E-state index in [1.807, 2.05) is 44.2 Å². The van der Waals surface area contributed by atoms with Gasteiger partial charge in [-0.15, -0.1) is 0 Å². The standard InChI is InChI=1S/C13H17NO3/c1-13(2,14-11(15)12(16)17)9-8-10-6-4-3-5-7-10/h3-7H,8-9H2,1-2H3,(H,14,15)(H,16,17). The number of carboxylic acids is 1. The molecule has 17 heavy (non-hydrogen) atoms. The van der Waals surface area contributed by atoms with Crippen molar-refractivity contribution in [2.24, 2.45) is 0 Å². The lowest BCUT2D eigenvalue weighted by Gasteiger charge is -2.25. The number of benzene rings is 1. The van der Waals surface area contributed by atoms with Crippen LogP contribution >= 0.6 is 0 Å². The molecule has 0 aliphatic carbocycles. The van der Waals surface area contributed by atoms with Gasteiger partial charge in [-0.05, 0) is 32.3 Å². The molecule has 0 saturated heterocycles. The van der Waals surface area contributed by atoms with Crippen LogP contribution in [0.2, 0.25) is 0 Å². The third kappa shape index (κ3) is 4.68. The van der Waals surface area contributed by atoms with Crippen molar-refractivity contribution in [1.29, 1.82) is 0 Å². The zero-order valence-electron chi connectivity index (χ0n) is 10.1. The van der Waals surface area contributed by atoms with Gasteiger partial charge < -0.3 is 10.4 Å². The quantitative estimate of drug-likeness (QED) is 0.779. The fourth-order valence-electron chi connectivity index (χ4n) is 1.52. The predicted molar refractivity (Wildman–Crippen MR) is 64.6 cm³/mol. The molecule has 92 valence electrons.